The Morgan fingerprint density at radius 1 is 0.947 bits per heavy atom. The fourth-order valence-corrected chi connectivity index (χ4v) is 2.82. The highest BCUT2D eigenvalue weighted by atomic mass is 14.9. The van der Waals surface area contributed by atoms with Crippen LogP contribution in [0.15, 0.2) is 24.3 Å². The minimum atomic E-state index is 0.616. The van der Waals surface area contributed by atoms with Gasteiger partial charge in [-0.05, 0) is 35.9 Å². The molecule has 1 unspecified atom stereocenters. The summed E-state index contributed by atoms with van der Waals surface area (Å²) >= 11 is 0. The molecule has 0 aliphatic rings. The van der Waals surface area contributed by atoms with Crippen molar-refractivity contribution in [1.82, 2.24) is 5.32 Å². The zero-order valence-corrected chi connectivity index (χ0v) is 13.4. The Labute approximate surface area is 119 Å². The van der Waals surface area contributed by atoms with Crippen LogP contribution in [-0.2, 0) is 6.42 Å². The van der Waals surface area contributed by atoms with E-state index < -0.39 is 0 Å². The molecule has 0 radical (unpaired) electrons. The van der Waals surface area contributed by atoms with Crippen LogP contribution in [0.5, 0.6) is 0 Å². The van der Waals surface area contributed by atoms with E-state index in [0.29, 0.717) is 12.0 Å². The lowest BCUT2D eigenvalue weighted by Crippen LogP contribution is -2.37. The van der Waals surface area contributed by atoms with E-state index in [9.17, 15) is 0 Å². The highest BCUT2D eigenvalue weighted by Crippen LogP contribution is 2.19. The van der Waals surface area contributed by atoms with Gasteiger partial charge in [0.15, 0.2) is 0 Å². The largest absolute Gasteiger partial charge is 0.314 e. The summed E-state index contributed by atoms with van der Waals surface area (Å²) in [7, 11) is 0. The van der Waals surface area contributed by atoms with Gasteiger partial charge in [0, 0.05) is 6.04 Å². The van der Waals surface area contributed by atoms with Crippen molar-refractivity contribution in [2.24, 2.45) is 5.92 Å². The SMILES string of the molecule is CCNC(Cc1ccc(C(C)C)cc1)C(CC)CC. The minimum Gasteiger partial charge on any atom is -0.314 e. The van der Waals surface area contributed by atoms with Crippen LogP contribution in [0.25, 0.3) is 0 Å². The van der Waals surface area contributed by atoms with Crippen molar-refractivity contribution < 1.29 is 0 Å². The minimum absolute atomic E-state index is 0.616. The van der Waals surface area contributed by atoms with Crippen LogP contribution >= 0.6 is 0 Å². The molecular weight excluding hydrogens is 230 g/mol. The highest BCUT2D eigenvalue weighted by molar-refractivity contribution is 5.25. The fourth-order valence-electron chi connectivity index (χ4n) is 2.82. The maximum absolute atomic E-state index is 3.67. The van der Waals surface area contributed by atoms with Crippen LogP contribution in [0.4, 0.5) is 0 Å². The highest BCUT2D eigenvalue weighted by Gasteiger charge is 2.17. The third kappa shape index (κ3) is 4.99. The van der Waals surface area contributed by atoms with Gasteiger partial charge in [0.05, 0.1) is 0 Å². The molecule has 0 saturated carbocycles. The Kier molecular flexibility index (Phi) is 7.15. The second-order valence-corrected chi connectivity index (χ2v) is 5.84. The molecule has 0 aliphatic heterocycles. The Bertz CT molecular complexity index is 335. The molecule has 19 heavy (non-hydrogen) atoms. The second-order valence-electron chi connectivity index (χ2n) is 5.84. The summed E-state index contributed by atoms with van der Waals surface area (Å²) in [6.45, 7) is 12.4. The number of hydrogen-bond acceptors (Lipinski definition) is 1. The molecule has 108 valence electrons. The average Bonchev–Trinajstić information content (AvgIpc) is 2.41. The van der Waals surface area contributed by atoms with Gasteiger partial charge in [0.2, 0.25) is 0 Å². The average molecular weight is 261 g/mol. The molecule has 1 rings (SSSR count). The van der Waals surface area contributed by atoms with E-state index in [1.807, 2.05) is 0 Å². The molecule has 0 heterocycles. The van der Waals surface area contributed by atoms with E-state index in [1.54, 1.807) is 0 Å². The van der Waals surface area contributed by atoms with Crippen LogP contribution in [0.3, 0.4) is 0 Å². The zero-order valence-electron chi connectivity index (χ0n) is 13.4. The van der Waals surface area contributed by atoms with E-state index >= 15 is 0 Å². The molecule has 1 N–H and O–H groups in total. The summed E-state index contributed by atoms with van der Waals surface area (Å²) in [5, 5.41) is 3.67. The number of benzene rings is 1. The van der Waals surface area contributed by atoms with Gasteiger partial charge < -0.3 is 5.32 Å². The van der Waals surface area contributed by atoms with Crippen molar-refractivity contribution in [1.29, 1.82) is 0 Å². The summed E-state index contributed by atoms with van der Waals surface area (Å²) in [5.74, 6) is 1.40. The van der Waals surface area contributed by atoms with Crippen LogP contribution in [0.1, 0.15) is 64.5 Å². The molecule has 1 atom stereocenters. The smallest absolute Gasteiger partial charge is 0.0135 e. The Balaban J connectivity index is 2.72. The van der Waals surface area contributed by atoms with E-state index in [1.165, 1.54) is 24.0 Å². The van der Waals surface area contributed by atoms with E-state index in [2.05, 4.69) is 64.2 Å². The third-order valence-electron chi connectivity index (χ3n) is 4.19. The van der Waals surface area contributed by atoms with Gasteiger partial charge >= 0.3 is 0 Å². The van der Waals surface area contributed by atoms with Gasteiger partial charge in [-0.15, -0.1) is 0 Å². The van der Waals surface area contributed by atoms with Crippen LogP contribution < -0.4 is 5.32 Å². The predicted molar refractivity (Wildman–Crippen MR) is 85.8 cm³/mol. The molecule has 0 amide bonds. The summed E-state index contributed by atoms with van der Waals surface area (Å²) in [6, 6.07) is 9.81. The van der Waals surface area contributed by atoms with E-state index in [0.717, 1.165) is 18.9 Å². The second kappa shape index (κ2) is 8.37. The lowest BCUT2D eigenvalue weighted by molar-refractivity contribution is 0.336. The van der Waals surface area contributed by atoms with E-state index in [-0.39, 0.29) is 0 Å². The third-order valence-corrected chi connectivity index (χ3v) is 4.19. The molecule has 0 aromatic heterocycles. The Hall–Kier alpha value is -0.820. The molecule has 0 spiro atoms. The van der Waals surface area contributed by atoms with Crippen molar-refractivity contribution in [3.05, 3.63) is 35.4 Å². The summed E-state index contributed by atoms with van der Waals surface area (Å²) in [5.41, 5.74) is 2.90. The predicted octanol–water partition coefficient (Wildman–Crippen LogP) is 4.77. The zero-order chi connectivity index (χ0) is 14.3. The van der Waals surface area contributed by atoms with Crippen molar-refractivity contribution in [3.8, 4) is 0 Å². The van der Waals surface area contributed by atoms with Crippen molar-refractivity contribution in [2.45, 2.75) is 65.8 Å². The van der Waals surface area contributed by atoms with Gasteiger partial charge in [0.1, 0.15) is 0 Å². The molecule has 0 bridgehead atoms. The summed E-state index contributed by atoms with van der Waals surface area (Å²) < 4.78 is 0. The lowest BCUT2D eigenvalue weighted by atomic mass is 9.89. The molecule has 1 aromatic carbocycles. The first-order valence-corrected chi connectivity index (χ1v) is 7.94. The van der Waals surface area contributed by atoms with Gasteiger partial charge in [-0.3, -0.25) is 0 Å². The first-order valence-electron chi connectivity index (χ1n) is 7.94. The van der Waals surface area contributed by atoms with Crippen molar-refractivity contribution in [2.75, 3.05) is 6.54 Å². The van der Waals surface area contributed by atoms with Gasteiger partial charge in [0.25, 0.3) is 0 Å². The summed E-state index contributed by atoms with van der Waals surface area (Å²) in [6.07, 6.45) is 3.68. The number of likely N-dealkylation sites (N-methyl/N-ethyl adjacent to an activating group) is 1. The molecule has 1 aromatic rings. The van der Waals surface area contributed by atoms with Crippen LogP contribution in [0.2, 0.25) is 0 Å². The van der Waals surface area contributed by atoms with Crippen molar-refractivity contribution >= 4 is 0 Å². The quantitative estimate of drug-likeness (QED) is 0.711. The topological polar surface area (TPSA) is 12.0 Å². The Morgan fingerprint density at radius 3 is 1.95 bits per heavy atom. The number of rotatable bonds is 8. The maximum Gasteiger partial charge on any atom is 0.0135 e. The lowest BCUT2D eigenvalue weighted by Gasteiger charge is -2.26. The standard InChI is InChI=1S/C18H31N/c1-6-16(7-2)18(19-8-3)13-15-9-11-17(12-10-15)14(4)5/h9-12,14,16,18-19H,6-8,13H2,1-5H3. The monoisotopic (exact) mass is 261 g/mol. The molecular formula is C18H31N. The molecule has 1 nitrogen and oxygen atoms in total. The summed E-state index contributed by atoms with van der Waals surface area (Å²) in [4.78, 5) is 0. The molecule has 1 heteroatoms. The maximum atomic E-state index is 3.67. The van der Waals surface area contributed by atoms with Gasteiger partial charge in [-0.25, -0.2) is 0 Å². The fraction of sp³-hybridized carbons (Fsp3) is 0.667. The first kappa shape index (κ1) is 16.2. The van der Waals surface area contributed by atoms with Gasteiger partial charge in [-0.1, -0.05) is 71.7 Å². The number of hydrogen-bond donors (Lipinski definition) is 1. The van der Waals surface area contributed by atoms with E-state index in [4.69, 9.17) is 0 Å². The van der Waals surface area contributed by atoms with Gasteiger partial charge in [-0.2, -0.15) is 0 Å². The normalized spacial score (nSPS) is 13.2. The molecule has 0 fully saturated rings. The van der Waals surface area contributed by atoms with Crippen LogP contribution in [-0.4, -0.2) is 12.6 Å². The Morgan fingerprint density at radius 2 is 1.53 bits per heavy atom. The molecule has 0 aliphatic carbocycles. The molecule has 0 saturated heterocycles. The van der Waals surface area contributed by atoms with Crippen molar-refractivity contribution in [3.63, 3.8) is 0 Å². The van der Waals surface area contributed by atoms with Crippen LogP contribution in [0, 0.1) is 5.92 Å². The number of nitrogens with one attached hydrogen (secondary N) is 1. The first-order chi connectivity index (χ1) is 9.12.